The van der Waals surface area contributed by atoms with Gasteiger partial charge in [-0.25, -0.2) is 4.68 Å². The van der Waals surface area contributed by atoms with E-state index in [0.717, 1.165) is 24.2 Å². The maximum Gasteiger partial charge on any atom is 0.184 e. The predicted octanol–water partition coefficient (Wildman–Crippen LogP) is 3.72. The Balaban J connectivity index is 2.02. The molecule has 1 aliphatic rings. The molecule has 1 saturated carbocycles. The lowest BCUT2D eigenvalue weighted by Gasteiger charge is -2.31. The van der Waals surface area contributed by atoms with Crippen molar-refractivity contribution in [2.45, 2.75) is 45.1 Å². The number of hydrogen-bond donors (Lipinski definition) is 1. The van der Waals surface area contributed by atoms with Crippen LogP contribution in [0.2, 0.25) is 5.02 Å². The van der Waals surface area contributed by atoms with E-state index < -0.39 is 0 Å². The van der Waals surface area contributed by atoms with Crippen molar-refractivity contribution in [2.24, 2.45) is 5.92 Å². The molecule has 2 N–H and O–H groups in total. The number of rotatable bonds is 3. The second-order valence-electron chi connectivity index (χ2n) is 5.70. The van der Waals surface area contributed by atoms with Crippen molar-refractivity contribution in [3.05, 3.63) is 23.2 Å². The number of nitrogens with zero attached hydrogens (tertiary/aromatic N) is 4. The van der Waals surface area contributed by atoms with Gasteiger partial charge in [0.05, 0.1) is 6.04 Å². The van der Waals surface area contributed by atoms with Crippen molar-refractivity contribution in [3.63, 3.8) is 0 Å². The molecular weight excluding hydrogens is 286 g/mol. The van der Waals surface area contributed by atoms with E-state index in [9.17, 15) is 0 Å². The topological polar surface area (TPSA) is 69.6 Å². The number of nitrogens with two attached hydrogens (primary N) is 1. The summed E-state index contributed by atoms with van der Waals surface area (Å²) in [7, 11) is 0. The zero-order valence-corrected chi connectivity index (χ0v) is 12.9. The van der Waals surface area contributed by atoms with E-state index >= 15 is 0 Å². The minimum absolute atomic E-state index is 0.354. The van der Waals surface area contributed by atoms with Crippen molar-refractivity contribution >= 4 is 17.3 Å². The molecule has 112 valence electrons. The van der Waals surface area contributed by atoms with E-state index in [-0.39, 0.29) is 0 Å². The number of anilines is 1. The van der Waals surface area contributed by atoms with Gasteiger partial charge in [-0.05, 0) is 47.4 Å². The average Bonchev–Trinajstić information content (AvgIpc) is 2.98. The number of nitrogen functional groups attached to an aromatic ring is 1. The molecule has 2 aromatic rings. The molecule has 2 unspecified atom stereocenters. The Morgan fingerprint density at radius 2 is 2.14 bits per heavy atom. The van der Waals surface area contributed by atoms with Crippen LogP contribution in [-0.2, 0) is 0 Å². The summed E-state index contributed by atoms with van der Waals surface area (Å²) in [6.07, 6.45) is 6.04. The smallest absolute Gasteiger partial charge is 0.184 e. The van der Waals surface area contributed by atoms with Gasteiger partial charge in [-0.2, -0.15) is 0 Å². The van der Waals surface area contributed by atoms with Crippen molar-refractivity contribution in [1.29, 1.82) is 0 Å². The fourth-order valence-corrected chi connectivity index (χ4v) is 3.47. The lowest BCUT2D eigenvalue weighted by atomic mass is 9.83. The van der Waals surface area contributed by atoms with Gasteiger partial charge >= 0.3 is 0 Å². The van der Waals surface area contributed by atoms with E-state index in [2.05, 4.69) is 22.4 Å². The highest BCUT2D eigenvalue weighted by Crippen LogP contribution is 2.38. The van der Waals surface area contributed by atoms with Crippen molar-refractivity contribution < 1.29 is 0 Å². The summed E-state index contributed by atoms with van der Waals surface area (Å²) in [5, 5.41) is 13.0. The first-order chi connectivity index (χ1) is 10.2. The molecule has 0 spiro atoms. The average molecular weight is 306 g/mol. The van der Waals surface area contributed by atoms with Crippen LogP contribution in [0.15, 0.2) is 18.2 Å². The fraction of sp³-hybridized carbons (Fsp3) is 0.533. The monoisotopic (exact) mass is 305 g/mol. The first kappa shape index (κ1) is 14.3. The number of halogens is 1. The Bertz CT molecular complexity index is 624. The highest BCUT2D eigenvalue weighted by molar-refractivity contribution is 6.31. The lowest BCUT2D eigenvalue weighted by molar-refractivity contribution is 0.216. The third-order valence-electron chi connectivity index (χ3n) is 4.46. The minimum atomic E-state index is 0.354. The lowest BCUT2D eigenvalue weighted by Crippen LogP contribution is -2.24. The summed E-state index contributed by atoms with van der Waals surface area (Å²) in [6.45, 7) is 2.24. The molecule has 1 aromatic heterocycles. The SMILES string of the molecule is CCC1CCCCC1n1nnnc1-c1cc(Cl)ccc1N. The molecule has 0 bridgehead atoms. The summed E-state index contributed by atoms with van der Waals surface area (Å²) in [5.41, 5.74) is 7.54. The van der Waals surface area contributed by atoms with Gasteiger partial charge in [-0.1, -0.05) is 37.8 Å². The molecule has 0 amide bonds. The molecule has 6 heteroatoms. The van der Waals surface area contributed by atoms with E-state index in [0.29, 0.717) is 22.7 Å². The highest BCUT2D eigenvalue weighted by Gasteiger charge is 2.29. The van der Waals surface area contributed by atoms with Gasteiger partial charge in [-0.3, -0.25) is 0 Å². The molecule has 1 fully saturated rings. The van der Waals surface area contributed by atoms with E-state index in [1.807, 2.05) is 10.7 Å². The summed E-state index contributed by atoms with van der Waals surface area (Å²) in [4.78, 5) is 0. The second kappa shape index (κ2) is 6.02. The summed E-state index contributed by atoms with van der Waals surface area (Å²) in [6, 6.07) is 5.77. The predicted molar refractivity (Wildman–Crippen MR) is 84.0 cm³/mol. The molecule has 1 aliphatic carbocycles. The Kier molecular flexibility index (Phi) is 4.10. The largest absolute Gasteiger partial charge is 0.398 e. The van der Waals surface area contributed by atoms with Crippen LogP contribution in [0, 0.1) is 5.92 Å². The summed E-state index contributed by atoms with van der Waals surface area (Å²) < 4.78 is 1.95. The summed E-state index contributed by atoms with van der Waals surface area (Å²) >= 11 is 6.09. The van der Waals surface area contributed by atoms with Gasteiger partial charge in [0.25, 0.3) is 0 Å². The van der Waals surface area contributed by atoms with Gasteiger partial charge in [0.15, 0.2) is 5.82 Å². The highest BCUT2D eigenvalue weighted by atomic mass is 35.5. The van der Waals surface area contributed by atoms with Crippen LogP contribution in [-0.4, -0.2) is 20.2 Å². The van der Waals surface area contributed by atoms with Crippen LogP contribution < -0.4 is 5.73 Å². The third kappa shape index (κ3) is 2.75. The third-order valence-corrected chi connectivity index (χ3v) is 4.69. The molecule has 1 heterocycles. The van der Waals surface area contributed by atoms with Crippen LogP contribution in [0.5, 0.6) is 0 Å². The van der Waals surface area contributed by atoms with Crippen LogP contribution in [0.25, 0.3) is 11.4 Å². The van der Waals surface area contributed by atoms with Gasteiger partial charge in [0.2, 0.25) is 0 Å². The van der Waals surface area contributed by atoms with Crippen LogP contribution in [0.4, 0.5) is 5.69 Å². The van der Waals surface area contributed by atoms with E-state index in [4.69, 9.17) is 17.3 Å². The number of benzene rings is 1. The molecule has 0 radical (unpaired) electrons. The van der Waals surface area contributed by atoms with Crippen LogP contribution >= 0.6 is 11.6 Å². The molecule has 1 aromatic carbocycles. The Morgan fingerprint density at radius 1 is 1.33 bits per heavy atom. The first-order valence-corrected chi connectivity index (χ1v) is 7.91. The van der Waals surface area contributed by atoms with Crippen molar-refractivity contribution in [3.8, 4) is 11.4 Å². The van der Waals surface area contributed by atoms with Crippen LogP contribution in [0.1, 0.15) is 45.1 Å². The Morgan fingerprint density at radius 3 is 2.95 bits per heavy atom. The number of aromatic nitrogens is 4. The van der Waals surface area contributed by atoms with Crippen molar-refractivity contribution in [2.75, 3.05) is 5.73 Å². The van der Waals surface area contributed by atoms with Crippen molar-refractivity contribution in [1.82, 2.24) is 20.2 Å². The maximum absolute atomic E-state index is 6.09. The molecular formula is C15H20ClN5. The fourth-order valence-electron chi connectivity index (χ4n) is 3.30. The molecule has 0 aliphatic heterocycles. The molecule has 21 heavy (non-hydrogen) atoms. The molecule has 5 nitrogen and oxygen atoms in total. The molecule has 2 atom stereocenters. The summed E-state index contributed by atoms with van der Waals surface area (Å²) in [5.74, 6) is 1.35. The normalized spacial score (nSPS) is 22.4. The second-order valence-corrected chi connectivity index (χ2v) is 6.14. The van der Waals surface area contributed by atoms with Gasteiger partial charge in [-0.15, -0.1) is 5.10 Å². The zero-order valence-electron chi connectivity index (χ0n) is 12.2. The van der Waals surface area contributed by atoms with Gasteiger partial charge in [0.1, 0.15) is 0 Å². The molecule has 3 rings (SSSR count). The van der Waals surface area contributed by atoms with E-state index in [1.165, 1.54) is 19.3 Å². The van der Waals surface area contributed by atoms with E-state index in [1.54, 1.807) is 12.1 Å². The minimum Gasteiger partial charge on any atom is -0.398 e. The first-order valence-electron chi connectivity index (χ1n) is 7.54. The van der Waals surface area contributed by atoms with Gasteiger partial charge < -0.3 is 5.73 Å². The quantitative estimate of drug-likeness (QED) is 0.877. The maximum atomic E-state index is 6.09. The van der Waals surface area contributed by atoms with Gasteiger partial charge in [0, 0.05) is 16.3 Å². The Labute approximate surface area is 129 Å². The molecule has 0 saturated heterocycles. The number of tetrazole rings is 1. The van der Waals surface area contributed by atoms with Crippen LogP contribution in [0.3, 0.4) is 0 Å². The Hall–Kier alpha value is -1.62. The standard InChI is InChI=1S/C15H20ClN5/c1-2-10-5-3-4-6-14(10)21-15(18-19-20-21)12-9-11(16)7-8-13(12)17/h7-10,14H,2-6,17H2,1H3. The zero-order chi connectivity index (χ0) is 14.8. The number of hydrogen-bond acceptors (Lipinski definition) is 4.